The fourth-order valence-corrected chi connectivity index (χ4v) is 8.07. The summed E-state index contributed by atoms with van der Waals surface area (Å²) in [5, 5.41) is 9.07. The predicted molar refractivity (Wildman–Crippen MR) is 97.0 cm³/mol. The van der Waals surface area contributed by atoms with Gasteiger partial charge >= 0.3 is 5.97 Å². The first-order chi connectivity index (χ1) is 12.2. The SMILES string of the molecule is CC12CCC3C(C1CCC2CCC(=O)O)C(F)(F)CC1CCCCC13C. The van der Waals surface area contributed by atoms with E-state index < -0.39 is 17.8 Å². The van der Waals surface area contributed by atoms with Crippen LogP contribution in [-0.2, 0) is 4.79 Å². The second kappa shape index (κ2) is 6.17. The molecule has 4 rings (SSSR count). The van der Waals surface area contributed by atoms with Crippen LogP contribution in [0.3, 0.4) is 0 Å². The Kier molecular flexibility index (Phi) is 4.43. The van der Waals surface area contributed by atoms with Crippen LogP contribution in [0.2, 0.25) is 0 Å². The number of alkyl halides is 2. The number of fused-ring (bicyclic) bond motifs is 5. The number of rotatable bonds is 3. The molecule has 148 valence electrons. The van der Waals surface area contributed by atoms with Crippen molar-refractivity contribution in [3.05, 3.63) is 0 Å². The fourth-order valence-electron chi connectivity index (χ4n) is 8.07. The van der Waals surface area contributed by atoms with Gasteiger partial charge in [0.2, 0.25) is 0 Å². The molecule has 2 nitrogen and oxygen atoms in total. The smallest absolute Gasteiger partial charge is 0.303 e. The van der Waals surface area contributed by atoms with E-state index in [4.69, 9.17) is 5.11 Å². The quantitative estimate of drug-likeness (QED) is 0.649. The number of halogens is 2. The second-order valence-corrected chi connectivity index (χ2v) is 10.4. The largest absolute Gasteiger partial charge is 0.481 e. The van der Waals surface area contributed by atoms with Gasteiger partial charge in [-0.2, -0.15) is 0 Å². The van der Waals surface area contributed by atoms with Gasteiger partial charge in [0.25, 0.3) is 5.92 Å². The zero-order valence-electron chi connectivity index (χ0n) is 16.3. The Bertz CT molecular complexity index is 576. The monoisotopic (exact) mass is 368 g/mol. The molecule has 0 amide bonds. The highest BCUT2D eigenvalue weighted by Crippen LogP contribution is 2.70. The summed E-state index contributed by atoms with van der Waals surface area (Å²) in [6.07, 6.45) is 9.10. The number of carboxylic acids is 1. The Morgan fingerprint density at radius 2 is 1.73 bits per heavy atom. The maximum Gasteiger partial charge on any atom is 0.303 e. The van der Waals surface area contributed by atoms with Gasteiger partial charge in [-0.15, -0.1) is 0 Å². The van der Waals surface area contributed by atoms with Crippen molar-refractivity contribution in [2.24, 2.45) is 40.4 Å². The average molecular weight is 369 g/mol. The van der Waals surface area contributed by atoms with Gasteiger partial charge in [0.15, 0.2) is 0 Å². The Labute approximate surface area is 156 Å². The Morgan fingerprint density at radius 3 is 2.46 bits per heavy atom. The highest BCUT2D eigenvalue weighted by Gasteiger charge is 2.67. The third-order valence-corrected chi connectivity index (χ3v) is 9.48. The molecule has 0 bridgehead atoms. The van der Waals surface area contributed by atoms with E-state index in [2.05, 4.69) is 13.8 Å². The Hall–Kier alpha value is -0.670. The number of hydrogen-bond acceptors (Lipinski definition) is 1. The van der Waals surface area contributed by atoms with Crippen LogP contribution in [0.15, 0.2) is 0 Å². The molecule has 0 radical (unpaired) electrons. The number of carbonyl (C=O) groups is 1. The number of carboxylic acid groups (broad SMARTS) is 1. The average Bonchev–Trinajstić information content (AvgIpc) is 2.89. The van der Waals surface area contributed by atoms with Crippen LogP contribution in [0.1, 0.15) is 84.5 Å². The van der Waals surface area contributed by atoms with E-state index in [1.165, 1.54) is 6.42 Å². The molecule has 26 heavy (non-hydrogen) atoms. The van der Waals surface area contributed by atoms with Crippen molar-refractivity contribution in [2.45, 2.75) is 90.4 Å². The number of hydrogen-bond donors (Lipinski definition) is 1. The zero-order valence-corrected chi connectivity index (χ0v) is 16.3. The normalized spacial score (nSPS) is 49.8. The summed E-state index contributed by atoms with van der Waals surface area (Å²) in [5.41, 5.74) is 0.0169. The summed E-state index contributed by atoms with van der Waals surface area (Å²) in [4.78, 5) is 11.0. The van der Waals surface area contributed by atoms with Gasteiger partial charge in [-0.3, -0.25) is 4.79 Å². The molecule has 1 N–H and O–H groups in total. The van der Waals surface area contributed by atoms with Crippen molar-refractivity contribution in [3.63, 3.8) is 0 Å². The first-order valence-electron chi connectivity index (χ1n) is 10.8. The van der Waals surface area contributed by atoms with E-state index in [0.717, 1.165) is 44.9 Å². The molecular formula is C22H34F2O2. The summed E-state index contributed by atoms with van der Waals surface area (Å²) >= 11 is 0. The van der Waals surface area contributed by atoms with Crippen molar-refractivity contribution in [2.75, 3.05) is 0 Å². The molecule has 0 aliphatic heterocycles. The molecule has 0 aromatic carbocycles. The minimum atomic E-state index is -2.54. The molecule has 0 aromatic rings. The maximum atomic E-state index is 15.4. The fraction of sp³-hybridized carbons (Fsp3) is 0.955. The summed E-state index contributed by atoms with van der Waals surface area (Å²) in [6, 6.07) is 0. The highest BCUT2D eigenvalue weighted by atomic mass is 19.3. The van der Waals surface area contributed by atoms with E-state index in [-0.39, 0.29) is 41.4 Å². The zero-order chi connectivity index (χ0) is 18.7. The molecule has 4 saturated carbocycles. The lowest BCUT2D eigenvalue weighted by Crippen LogP contribution is -2.60. The maximum absolute atomic E-state index is 15.4. The number of aliphatic carboxylic acids is 1. The summed E-state index contributed by atoms with van der Waals surface area (Å²) in [5.74, 6) is -3.04. The molecule has 4 fully saturated rings. The van der Waals surface area contributed by atoms with Crippen LogP contribution in [-0.4, -0.2) is 17.0 Å². The van der Waals surface area contributed by atoms with Crippen LogP contribution in [0.4, 0.5) is 8.78 Å². The Morgan fingerprint density at radius 1 is 1.00 bits per heavy atom. The minimum Gasteiger partial charge on any atom is -0.481 e. The first-order valence-corrected chi connectivity index (χ1v) is 10.8. The lowest BCUT2D eigenvalue weighted by molar-refractivity contribution is -0.231. The van der Waals surface area contributed by atoms with Gasteiger partial charge in [-0.1, -0.05) is 26.7 Å². The summed E-state index contributed by atoms with van der Waals surface area (Å²) in [6.45, 7) is 4.53. The second-order valence-electron chi connectivity index (χ2n) is 10.4. The topological polar surface area (TPSA) is 37.3 Å². The van der Waals surface area contributed by atoms with Crippen LogP contribution in [0, 0.1) is 40.4 Å². The molecule has 0 heterocycles. The molecule has 0 saturated heterocycles. The molecule has 7 atom stereocenters. The van der Waals surface area contributed by atoms with Gasteiger partial charge in [0, 0.05) is 18.8 Å². The predicted octanol–water partition coefficient (Wildman–Crippen LogP) is 6.15. The van der Waals surface area contributed by atoms with Crippen molar-refractivity contribution < 1.29 is 18.7 Å². The van der Waals surface area contributed by atoms with Gasteiger partial charge in [-0.05, 0) is 79.4 Å². The van der Waals surface area contributed by atoms with Crippen LogP contribution in [0.5, 0.6) is 0 Å². The molecule has 4 aliphatic rings. The van der Waals surface area contributed by atoms with Gasteiger partial charge in [0.1, 0.15) is 0 Å². The van der Waals surface area contributed by atoms with Crippen molar-refractivity contribution >= 4 is 5.97 Å². The molecule has 4 heteroatoms. The Balaban J connectivity index is 1.63. The van der Waals surface area contributed by atoms with Crippen LogP contribution >= 0.6 is 0 Å². The summed E-state index contributed by atoms with van der Waals surface area (Å²) < 4.78 is 30.9. The summed E-state index contributed by atoms with van der Waals surface area (Å²) in [7, 11) is 0. The lowest BCUT2D eigenvalue weighted by atomic mass is 9.44. The lowest BCUT2D eigenvalue weighted by Gasteiger charge is -2.62. The highest BCUT2D eigenvalue weighted by molar-refractivity contribution is 5.66. The molecular weight excluding hydrogens is 334 g/mol. The van der Waals surface area contributed by atoms with E-state index in [0.29, 0.717) is 12.3 Å². The third kappa shape index (κ3) is 2.64. The molecule has 7 unspecified atom stereocenters. The van der Waals surface area contributed by atoms with Crippen molar-refractivity contribution in [1.82, 2.24) is 0 Å². The molecule has 0 spiro atoms. The first kappa shape index (κ1) is 18.7. The van der Waals surface area contributed by atoms with Crippen LogP contribution < -0.4 is 0 Å². The van der Waals surface area contributed by atoms with E-state index in [1.54, 1.807) is 0 Å². The van der Waals surface area contributed by atoms with Gasteiger partial charge in [0.05, 0.1) is 0 Å². The van der Waals surface area contributed by atoms with Crippen molar-refractivity contribution in [1.29, 1.82) is 0 Å². The van der Waals surface area contributed by atoms with Gasteiger partial charge in [-0.25, -0.2) is 8.78 Å². The molecule has 4 aliphatic carbocycles. The minimum absolute atomic E-state index is 0.0785. The van der Waals surface area contributed by atoms with E-state index in [9.17, 15) is 4.79 Å². The standard InChI is InChI=1S/C22H34F2O2/c1-20-11-4-3-5-15(20)13-22(23,24)19-16-8-6-14(7-9-18(25)26)21(16,2)12-10-17(19)20/h14-17,19H,3-13H2,1-2H3,(H,25,26). The van der Waals surface area contributed by atoms with E-state index in [1.807, 2.05) is 0 Å². The van der Waals surface area contributed by atoms with Crippen LogP contribution in [0.25, 0.3) is 0 Å². The third-order valence-electron chi connectivity index (χ3n) is 9.48. The van der Waals surface area contributed by atoms with Crippen molar-refractivity contribution in [3.8, 4) is 0 Å². The molecule has 0 aromatic heterocycles. The van der Waals surface area contributed by atoms with Gasteiger partial charge < -0.3 is 5.11 Å². The van der Waals surface area contributed by atoms with E-state index >= 15 is 8.78 Å².